The number of aryl methyl sites for hydroxylation is 2. The Morgan fingerprint density at radius 3 is 2.50 bits per heavy atom. The largest absolute Gasteiger partial charge is 0.494 e. The third kappa shape index (κ3) is 4.65. The van der Waals surface area contributed by atoms with Crippen molar-refractivity contribution in [2.24, 2.45) is 10.2 Å². The van der Waals surface area contributed by atoms with Gasteiger partial charge in [0.2, 0.25) is 5.88 Å². The SMILES string of the molecule is CCOC(=O)N=NC(=O)c1c(C)cc(C)cc1Nc1cc(O)n(CCO)c1O. The summed E-state index contributed by atoms with van der Waals surface area (Å²) in [7, 11) is 0. The summed E-state index contributed by atoms with van der Waals surface area (Å²) in [5.41, 5.74) is 1.99. The van der Waals surface area contributed by atoms with Crippen LogP contribution >= 0.6 is 0 Å². The molecule has 2 amide bonds. The van der Waals surface area contributed by atoms with Crippen LogP contribution in [0.1, 0.15) is 28.4 Å². The van der Waals surface area contributed by atoms with Crippen molar-refractivity contribution in [1.82, 2.24) is 4.57 Å². The molecular weight excluding hydrogens is 368 g/mol. The van der Waals surface area contributed by atoms with Crippen molar-refractivity contribution >= 4 is 23.4 Å². The van der Waals surface area contributed by atoms with Crippen LogP contribution in [-0.4, -0.2) is 45.1 Å². The molecule has 0 bridgehead atoms. The van der Waals surface area contributed by atoms with Gasteiger partial charge in [-0.25, -0.2) is 4.79 Å². The van der Waals surface area contributed by atoms with Crippen LogP contribution in [0.4, 0.5) is 16.2 Å². The Morgan fingerprint density at radius 2 is 1.86 bits per heavy atom. The highest BCUT2D eigenvalue weighted by Gasteiger charge is 2.19. The lowest BCUT2D eigenvalue weighted by atomic mass is 10.0. The van der Waals surface area contributed by atoms with E-state index in [0.29, 0.717) is 11.3 Å². The average molecular weight is 390 g/mol. The van der Waals surface area contributed by atoms with Crippen LogP contribution in [0.5, 0.6) is 11.8 Å². The summed E-state index contributed by atoms with van der Waals surface area (Å²) in [4.78, 5) is 23.8. The minimum atomic E-state index is -0.973. The quantitative estimate of drug-likeness (QED) is 0.555. The highest BCUT2D eigenvalue weighted by Crippen LogP contribution is 2.36. The van der Waals surface area contributed by atoms with E-state index < -0.39 is 12.0 Å². The van der Waals surface area contributed by atoms with Crippen molar-refractivity contribution in [3.63, 3.8) is 0 Å². The molecule has 10 nitrogen and oxygen atoms in total. The van der Waals surface area contributed by atoms with Crippen LogP contribution in [0.3, 0.4) is 0 Å². The Kier molecular flexibility index (Phi) is 6.72. The van der Waals surface area contributed by atoms with Gasteiger partial charge < -0.3 is 25.4 Å². The third-order valence-corrected chi connectivity index (χ3v) is 3.82. The number of nitrogens with zero attached hydrogens (tertiary/aromatic N) is 3. The zero-order valence-electron chi connectivity index (χ0n) is 15.8. The van der Waals surface area contributed by atoms with E-state index in [1.165, 1.54) is 6.07 Å². The topological polar surface area (TPSA) is 146 Å². The molecule has 0 saturated heterocycles. The second-order valence-electron chi connectivity index (χ2n) is 5.95. The number of aromatic hydroxyl groups is 2. The van der Waals surface area contributed by atoms with Gasteiger partial charge in [-0.1, -0.05) is 16.3 Å². The molecule has 28 heavy (non-hydrogen) atoms. The molecule has 0 radical (unpaired) electrons. The fourth-order valence-electron chi connectivity index (χ4n) is 2.72. The van der Waals surface area contributed by atoms with Crippen molar-refractivity contribution < 1.29 is 29.6 Å². The first-order chi connectivity index (χ1) is 13.3. The van der Waals surface area contributed by atoms with E-state index >= 15 is 0 Å². The molecule has 10 heteroatoms. The molecule has 0 aliphatic rings. The van der Waals surface area contributed by atoms with Crippen molar-refractivity contribution in [2.45, 2.75) is 27.3 Å². The maximum Gasteiger partial charge on any atom is 0.452 e. The van der Waals surface area contributed by atoms with Crippen LogP contribution in [0, 0.1) is 13.8 Å². The number of benzene rings is 1. The maximum atomic E-state index is 12.5. The van der Waals surface area contributed by atoms with Gasteiger partial charge in [0, 0.05) is 6.07 Å². The number of aromatic nitrogens is 1. The minimum absolute atomic E-state index is 0.00820. The lowest BCUT2D eigenvalue weighted by Gasteiger charge is -2.13. The van der Waals surface area contributed by atoms with E-state index in [9.17, 15) is 19.8 Å². The van der Waals surface area contributed by atoms with Gasteiger partial charge in [0.1, 0.15) is 5.69 Å². The number of azo groups is 1. The molecule has 2 aromatic rings. The Labute approximate surface area is 161 Å². The predicted octanol–water partition coefficient (Wildman–Crippen LogP) is 3.00. The Balaban J connectivity index is 2.41. The highest BCUT2D eigenvalue weighted by molar-refractivity contribution is 6.02. The van der Waals surface area contributed by atoms with E-state index in [1.807, 2.05) is 6.92 Å². The van der Waals surface area contributed by atoms with Crippen molar-refractivity contribution in [3.05, 3.63) is 34.9 Å². The summed E-state index contributed by atoms with van der Waals surface area (Å²) in [5.74, 6) is -1.34. The summed E-state index contributed by atoms with van der Waals surface area (Å²) in [6.07, 6.45) is -0.973. The van der Waals surface area contributed by atoms with Gasteiger partial charge in [0.15, 0.2) is 5.88 Å². The van der Waals surface area contributed by atoms with Gasteiger partial charge in [0.25, 0.3) is 5.91 Å². The molecule has 150 valence electrons. The van der Waals surface area contributed by atoms with Gasteiger partial charge in [-0.15, -0.1) is 0 Å². The molecule has 0 aliphatic heterocycles. The van der Waals surface area contributed by atoms with Gasteiger partial charge in [-0.05, 0) is 38.0 Å². The normalized spacial score (nSPS) is 11.0. The second kappa shape index (κ2) is 9.00. The fourth-order valence-corrected chi connectivity index (χ4v) is 2.72. The third-order valence-electron chi connectivity index (χ3n) is 3.82. The summed E-state index contributed by atoms with van der Waals surface area (Å²) in [6, 6.07) is 4.67. The van der Waals surface area contributed by atoms with E-state index in [1.54, 1.807) is 26.0 Å². The fraction of sp³-hybridized carbons (Fsp3) is 0.333. The first-order valence-corrected chi connectivity index (χ1v) is 8.51. The number of hydrogen-bond donors (Lipinski definition) is 4. The summed E-state index contributed by atoms with van der Waals surface area (Å²) in [5, 5.41) is 38.7. The molecule has 0 fully saturated rings. The molecule has 4 N–H and O–H groups in total. The maximum absolute atomic E-state index is 12.5. The van der Waals surface area contributed by atoms with Crippen LogP contribution in [-0.2, 0) is 11.3 Å². The van der Waals surface area contributed by atoms with Gasteiger partial charge in [0.05, 0.1) is 31.0 Å². The average Bonchev–Trinajstić information content (AvgIpc) is 2.87. The van der Waals surface area contributed by atoms with Crippen LogP contribution in [0.15, 0.2) is 28.4 Å². The van der Waals surface area contributed by atoms with Gasteiger partial charge in [-0.3, -0.25) is 9.36 Å². The standard InChI is InChI=1S/C18H22N4O6/c1-4-28-18(27)21-20-16(25)15-11(3)7-10(2)8-12(15)19-13-9-14(24)22(5-6-23)17(13)26/h7-9,19,23-24,26H,4-6H2,1-3H3. The second-order valence-corrected chi connectivity index (χ2v) is 5.95. The molecule has 1 aromatic heterocycles. The van der Waals surface area contributed by atoms with Crippen LogP contribution in [0.25, 0.3) is 0 Å². The molecule has 0 atom stereocenters. The lowest BCUT2D eigenvalue weighted by molar-refractivity contribution is 0.0988. The smallest absolute Gasteiger partial charge is 0.452 e. The van der Waals surface area contributed by atoms with E-state index in [4.69, 9.17) is 5.11 Å². The van der Waals surface area contributed by atoms with Crippen LogP contribution < -0.4 is 5.32 Å². The summed E-state index contributed by atoms with van der Waals surface area (Å²) >= 11 is 0. The number of hydrogen-bond acceptors (Lipinski definition) is 7. The number of aliphatic hydroxyl groups excluding tert-OH is 1. The van der Waals surface area contributed by atoms with Crippen molar-refractivity contribution in [3.8, 4) is 11.8 Å². The Bertz CT molecular complexity index is 919. The molecule has 0 saturated carbocycles. The highest BCUT2D eigenvalue weighted by atomic mass is 16.5. The number of anilines is 2. The Morgan fingerprint density at radius 1 is 1.14 bits per heavy atom. The summed E-state index contributed by atoms with van der Waals surface area (Å²) < 4.78 is 5.71. The number of nitrogens with one attached hydrogen (secondary N) is 1. The predicted molar refractivity (Wildman–Crippen MR) is 100 cm³/mol. The molecular formula is C18H22N4O6. The van der Waals surface area contributed by atoms with Crippen molar-refractivity contribution in [1.29, 1.82) is 0 Å². The van der Waals surface area contributed by atoms with Crippen LogP contribution in [0.2, 0.25) is 0 Å². The van der Waals surface area contributed by atoms with Gasteiger partial charge >= 0.3 is 6.09 Å². The minimum Gasteiger partial charge on any atom is -0.494 e. The Hall–Kier alpha value is -3.40. The van der Waals surface area contributed by atoms with Gasteiger partial charge in [-0.2, -0.15) is 0 Å². The number of ether oxygens (including phenoxy) is 1. The number of rotatable bonds is 6. The zero-order chi connectivity index (χ0) is 20.8. The number of aliphatic hydroxyl groups is 1. The van der Waals surface area contributed by atoms with Crippen molar-refractivity contribution in [2.75, 3.05) is 18.5 Å². The lowest BCUT2D eigenvalue weighted by Crippen LogP contribution is -2.06. The first kappa shape index (κ1) is 20.9. The van der Waals surface area contributed by atoms with E-state index in [-0.39, 0.29) is 42.8 Å². The molecule has 0 spiro atoms. The number of carbonyl (C=O) groups is 2. The van der Waals surface area contributed by atoms with E-state index in [0.717, 1.165) is 10.1 Å². The van der Waals surface area contributed by atoms with E-state index in [2.05, 4.69) is 20.3 Å². The molecule has 2 rings (SSSR count). The molecule has 1 heterocycles. The molecule has 1 aromatic carbocycles. The number of amides is 2. The molecule has 0 aliphatic carbocycles. The molecule has 0 unspecified atom stereocenters. The zero-order valence-corrected chi connectivity index (χ0v) is 15.8. The number of carbonyl (C=O) groups excluding carboxylic acids is 2. The summed E-state index contributed by atoms with van der Waals surface area (Å²) in [6.45, 7) is 4.94. The first-order valence-electron chi connectivity index (χ1n) is 8.51. The monoisotopic (exact) mass is 390 g/mol.